The van der Waals surface area contributed by atoms with Crippen LogP contribution < -0.4 is 20.5 Å². The Morgan fingerprint density at radius 2 is 1.76 bits per heavy atom. The second-order valence-corrected chi connectivity index (χ2v) is 7.74. The Hall–Kier alpha value is -3.77. The molecule has 3 aromatic rings. The van der Waals surface area contributed by atoms with Crippen molar-refractivity contribution in [3.8, 4) is 11.5 Å². The van der Waals surface area contributed by atoms with Gasteiger partial charge >= 0.3 is 0 Å². The average molecular weight is 465 g/mol. The Bertz CT molecular complexity index is 1110. The number of amides is 2. The Labute approximate surface area is 198 Å². The summed E-state index contributed by atoms with van der Waals surface area (Å²) in [6.45, 7) is -0.248. The van der Waals surface area contributed by atoms with Gasteiger partial charge in [0, 0.05) is 11.1 Å². The quantitative estimate of drug-likeness (QED) is 0.437. The number of hydrogen-bond donors (Lipinski definition) is 2. The number of carbonyl (C=O) groups excluding carboxylic acids is 2. The minimum absolute atomic E-state index is 0.205. The van der Waals surface area contributed by atoms with Crippen LogP contribution in [0.2, 0.25) is 5.02 Å². The van der Waals surface area contributed by atoms with Crippen LogP contribution in [-0.4, -0.2) is 25.5 Å². The lowest BCUT2D eigenvalue weighted by Crippen LogP contribution is -2.28. The summed E-state index contributed by atoms with van der Waals surface area (Å²) < 4.78 is 10.6. The third-order valence-electron chi connectivity index (χ3n) is 4.86. The Morgan fingerprint density at radius 3 is 2.42 bits per heavy atom. The summed E-state index contributed by atoms with van der Waals surface area (Å²) in [6, 6.07) is 22.3. The first kappa shape index (κ1) is 23.9. The molecule has 0 aliphatic heterocycles. The molecule has 1 unspecified atom stereocenters. The van der Waals surface area contributed by atoms with Crippen molar-refractivity contribution >= 4 is 29.5 Å². The van der Waals surface area contributed by atoms with Gasteiger partial charge in [-0.15, -0.1) is 0 Å². The van der Waals surface area contributed by atoms with Crippen LogP contribution in [0.4, 0.5) is 0 Å². The average Bonchev–Trinajstić information content (AvgIpc) is 2.83. The lowest BCUT2D eigenvalue weighted by Gasteiger charge is -2.19. The van der Waals surface area contributed by atoms with E-state index < -0.39 is 5.91 Å². The van der Waals surface area contributed by atoms with E-state index in [1.165, 1.54) is 13.2 Å². The highest BCUT2D eigenvalue weighted by Gasteiger charge is 2.14. The number of hydrogen-bond acceptors (Lipinski definition) is 4. The zero-order chi connectivity index (χ0) is 23.6. The van der Waals surface area contributed by atoms with Gasteiger partial charge in [-0.2, -0.15) is 0 Å². The van der Waals surface area contributed by atoms with Gasteiger partial charge in [0.2, 0.25) is 5.91 Å². The molecule has 3 aromatic carbocycles. The molecule has 0 saturated heterocycles. The highest BCUT2D eigenvalue weighted by Crippen LogP contribution is 2.28. The number of ether oxygens (including phenoxy) is 2. The van der Waals surface area contributed by atoms with Crippen molar-refractivity contribution in [2.45, 2.75) is 12.5 Å². The van der Waals surface area contributed by atoms with Crippen molar-refractivity contribution in [2.75, 3.05) is 13.7 Å². The lowest BCUT2D eigenvalue weighted by molar-refractivity contribution is -0.120. The number of primary amides is 1. The molecule has 0 heterocycles. The Morgan fingerprint density at radius 1 is 1.03 bits per heavy atom. The molecule has 3 N–H and O–H groups in total. The molecule has 33 heavy (non-hydrogen) atoms. The van der Waals surface area contributed by atoms with Gasteiger partial charge < -0.3 is 20.5 Å². The van der Waals surface area contributed by atoms with Crippen LogP contribution in [0.5, 0.6) is 11.5 Å². The smallest absolute Gasteiger partial charge is 0.255 e. The minimum atomic E-state index is -0.579. The number of nitrogens with two attached hydrogens (primary N) is 1. The van der Waals surface area contributed by atoms with Gasteiger partial charge in [0.05, 0.1) is 13.2 Å². The van der Waals surface area contributed by atoms with E-state index >= 15 is 0 Å². The second kappa shape index (κ2) is 11.7. The number of nitrogens with one attached hydrogen (secondary N) is 1. The molecular formula is C26H25ClN2O4. The highest BCUT2D eigenvalue weighted by atomic mass is 35.5. The lowest BCUT2D eigenvalue weighted by atomic mass is 9.99. The van der Waals surface area contributed by atoms with Gasteiger partial charge in [-0.25, -0.2) is 0 Å². The molecule has 0 bridgehead atoms. The first-order chi connectivity index (χ1) is 15.9. The molecule has 7 heteroatoms. The number of carbonyl (C=O) groups is 2. The van der Waals surface area contributed by atoms with Crippen molar-refractivity contribution in [1.29, 1.82) is 0 Å². The molecule has 0 aromatic heterocycles. The van der Waals surface area contributed by atoms with Gasteiger partial charge in [0.1, 0.15) is 0 Å². The van der Waals surface area contributed by atoms with Crippen LogP contribution in [0.25, 0.3) is 6.08 Å². The zero-order valence-corrected chi connectivity index (χ0v) is 18.9. The van der Waals surface area contributed by atoms with Crippen LogP contribution in [0.15, 0.2) is 78.9 Å². The molecule has 2 amide bonds. The molecule has 0 radical (unpaired) electrons. The summed E-state index contributed by atoms with van der Waals surface area (Å²) in [6.07, 6.45) is 3.77. The van der Waals surface area contributed by atoms with Gasteiger partial charge in [-0.05, 0) is 53.5 Å². The number of rotatable bonds is 10. The zero-order valence-electron chi connectivity index (χ0n) is 18.2. The van der Waals surface area contributed by atoms with E-state index in [1.807, 2.05) is 54.6 Å². The maximum absolute atomic E-state index is 12.7. The van der Waals surface area contributed by atoms with E-state index in [4.69, 9.17) is 26.8 Å². The largest absolute Gasteiger partial charge is 0.493 e. The number of benzene rings is 3. The SMILES string of the molecule is COc1cc(C=CC(=O)NC(Cc2ccc(Cl)cc2)c2ccccc2)ccc1OCC(N)=O. The van der Waals surface area contributed by atoms with Gasteiger partial charge in [-0.3, -0.25) is 9.59 Å². The van der Waals surface area contributed by atoms with E-state index in [1.54, 1.807) is 24.3 Å². The summed E-state index contributed by atoms with van der Waals surface area (Å²) in [5, 5.41) is 3.74. The van der Waals surface area contributed by atoms with Crippen LogP contribution in [0, 0.1) is 0 Å². The number of methoxy groups -OCH3 is 1. The van der Waals surface area contributed by atoms with E-state index in [0.29, 0.717) is 22.9 Å². The van der Waals surface area contributed by atoms with Crippen molar-refractivity contribution in [3.05, 3.63) is 101 Å². The molecule has 3 rings (SSSR count). The van der Waals surface area contributed by atoms with Gasteiger partial charge in [0.15, 0.2) is 18.1 Å². The standard InChI is InChI=1S/C26H25ClN2O4/c1-32-24-16-19(9-13-23(24)33-17-25(28)30)10-14-26(31)29-22(20-5-3-2-4-6-20)15-18-7-11-21(27)12-8-18/h2-14,16,22H,15,17H2,1H3,(H2,28,30)(H,29,31). The fourth-order valence-electron chi connectivity index (χ4n) is 3.24. The van der Waals surface area contributed by atoms with Gasteiger partial charge in [0.25, 0.3) is 5.91 Å². The summed E-state index contributed by atoms with van der Waals surface area (Å²) in [7, 11) is 1.49. The van der Waals surface area contributed by atoms with E-state index in [2.05, 4.69) is 5.32 Å². The summed E-state index contributed by atoms with van der Waals surface area (Å²) in [5.74, 6) is 0.0174. The Balaban J connectivity index is 1.71. The normalized spacial score (nSPS) is 11.7. The van der Waals surface area contributed by atoms with E-state index in [0.717, 1.165) is 16.7 Å². The van der Waals surface area contributed by atoms with Crippen molar-refractivity contribution < 1.29 is 19.1 Å². The molecular weight excluding hydrogens is 440 g/mol. The van der Waals surface area contributed by atoms with Crippen LogP contribution in [0.3, 0.4) is 0 Å². The third kappa shape index (κ3) is 7.40. The topological polar surface area (TPSA) is 90.7 Å². The predicted octanol–water partition coefficient (Wildman–Crippen LogP) is 4.33. The predicted molar refractivity (Wildman–Crippen MR) is 129 cm³/mol. The molecule has 0 saturated carbocycles. The van der Waals surface area contributed by atoms with E-state index in [-0.39, 0.29) is 18.6 Å². The van der Waals surface area contributed by atoms with Crippen molar-refractivity contribution in [3.63, 3.8) is 0 Å². The van der Waals surface area contributed by atoms with E-state index in [9.17, 15) is 9.59 Å². The summed E-state index contributed by atoms with van der Waals surface area (Å²) in [4.78, 5) is 23.6. The van der Waals surface area contributed by atoms with Crippen LogP contribution >= 0.6 is 11.6 Å². The summed E-state index contributed by atoms with van der Waals surface area (Å²) >= 11 is 6.00. The maximum atomic E-state index is 12.7. The van der Waals surface area contributed by atoms with Crippen molar-refractivity contribution in [1.82, 2.24) is 5.32 Å². The van der Waals surface area contributed by atoms with Crippen molar-refractivity contribution in [2.24, 2.45) is 5.73 Å². The number of halogens is 1. The van der Waals surface area contributed by atoms with Crippen LogP contribution in [-0.2, 0) is 16.0 Å². The molecule has 6 nitrogen and oxygen atoms in total. The molecule has 0 fully saturated rings. The molecule has 0 aliphatic carbocycles. The minimum Gasteiger partial charge on any atom is -0.493 e. The second-order valence-electron chi connectivity index (χ2n) is 7.30. The third-order valence-corrected chi connectivity index (χ3v) is 5.11. The fraction of sp³-hybridized carbons (Fsp3) is 0.154. The fourth-order valence-corrected chi connectivity index (χ4v) is 3.37. The molecule has 1 atom stereocenters. The monoisotopic (exact) mass is 464 g/mol. The molecule has 170 valence electrons. The summed E-state index contributed by atoms with van der Waals surface area (Å²) in [5.41, 5.74) is 7.92. The van der Waals surface area contributed by atoms with Gasteiger partial charge in [-0.1, -0.05) is 60.1 Å². The maximum Gasteiger partial charge on any atom is 0.255 e. The first-order valence-electron chi connectivity index (χ1n) is 10.3. The highest BCUT2D eigenvalue weighted by molar-refractivity contribution is 6.30. The molecule has 0 spiro atoms. The molecule has 0 aliphatic rings. The van der Waals surface area contributed by atoms with Crippen LogP contribution in [0.1, 0.15) is 22.7 Å². The first-order valence-corrected chi connectivity index (χ1v) is 10.7. The Kier molecular flexibility index (Phi) is 8.49.